The molecular formula is C27H24F6O10. The Morgan fingerprint density at radius 3 is 1.74 bits per heavy atom. The molecule has 16 heteroatoms. The van der Waals surface area contributed by atoms with Gasteiger partial charge in [-0.05, 0) is 31.2 Å². The smallest absolute Gasteiger partial charge is 0.430 e. The van der Waals surface area contributed by atoms with Crippen molar-refractivity contribution >= 4 is 24.1 Å². The molecule has 2 aromatic carbocycles. The molecule has 0 saturated heterocycles. The third-order valence-electron chi connectivity index (χ3n) is 5.81. The van der Waals surface area contributed by atoms with Gasteiger partial charge in [0.2, 0.25) is 12.2 Å². The molecule has 43 heavy (non-hydrogen) atoms. The summed E-state index contributed by atoms with van der Waals surface area (Å²) in [6.45, 7) is 1.46. The van der Waals surface area contributed by atoms with Gasteiger partial charge in [0.15, 0.2) is 23.0 Å². The van der Waals surface area contributed by atoms with Crippen LogP contribution >= 0.6 is 0 Å². The number of carbonyl (C=O) groups excluding carboxylic acids is 1. The molecule has 2 heterocycles. The van der Waals surface area contributed by atoms with Crippen molar-refractivity contribution in [3.8, 4) is 34.5 Å². The van der Waals surface area contributed by atoms with E-state index < -0.39 is 47.6 Å². The number of carbonyl (C=O) groups is 2. The van der Waals surface area contributed by atoms with E-state index in [2.05, 4.69) is 4.74 Å². The van der Waals surface area contributed by atoms with Gasteiger partial charge in [0.25, 0.3) is 0 Å². The largest absolute Gasteiger partial charge is 0.508 e. The van der Waals surface area contributed by atoms with Gasteiger partial charge in [0.1, 0.15) is 11.5 Å². The molecule has 234 valence electrons. The maximum atomic E-state index is 13.2. The molecule has 2 unspecified atom stereocenters. The second-order valence-corrected chi connectivity index (χ2v) is 8.62. The van der Waals surface area contributed by atoms with Gasteiger partial charge in [-0.3, -0.25) is 0 Å². The van der Waals surface area contributed by atoms with E-state index in [9.17, 15) is 41.0 Å². The number of phenolic OH excluding ortho intramolecular Hbond substituents is 1. The molecule has 0 fully saturated rings. The zero-order valence-corrected chi connectivity index (χ0v) is 22.8. The topological polar surface area (TPSA) is 130 Å². The van der Waals surface area contributed by atoms with Gasteiger partial charge in [-0.1, -0.05) is 0 Å². The number of benzene rings is 2. The van der Waals surface area contributed by atoms with Crippen molar-refractivity contribution in [3.05, 3.63) is 46.5 Å². The quantitative estimate of drug-likeness (QED) is 0.329. The van der Waals surface area contributed by atoms with Crippen molar-refractivity contribution < 1.29 is 74.6 Å². The Balaban J connectivity index is 0.000000238. The maximum absolute atomic E-state index is 13.2. The lowest BCUT2D eigenvalue weighted by molar-refractivity contribution is -0.188. The fourth-order valence-corrected chi connectivity index (χ4v) is 3.98. The number of aliphatic carboxylic acids is 1. The molecule has 0 amide bonds. The van der Waals surface area contributed by atoms with Crippen LogP contribution in [-0.2, 0) is 14.3 Å². The highest BCUT2D eigenvalue weighted by molar-refractivity contribution is 5.97. The Morgan fingerprint density at radius 2 is 1.28 bits per heavy atom. The number of alkyl halides is 6. The lowest BCUT2D eigenvalue weighted by atomic mass is 10.0. The Labute approximate surface area is 239 Å². The predicted octanol–water partition coefficient (Wildman–Crippen LogP) is 5.17. The highest BCUT2D eigenvalue weighted by atomic mass is 19.4. The van der Waals surface area contributed by atoms with E-state index in [0.29, 0.717) is 5.75 Å². The van der Waals surface area contributed by atoms with Crippen molar-refractivity contribution in [2.75, 3.05) is 27.9 Å². The van der Waals surface area contributed by atoms with Crippen LogP contribution in [0.1, 0.15) is 18.1 Å². The van der Waals surface area contributed by atoms with Crippen molar-refractivity contribution in [3.63, 3.8) is 0 Å². The van der Waals surface area contributed by atoms with Gasteiger partial charge in [0, 0.05) is 23.3 Å². The maximum Gasteiger partial charge on any atom is 0.430 e. The summed E-state index contributed by atoms with van der Waals surface area (Å²) in [5.41, 5.74) is -1.34. The molecule has 2 N–H and O–H groups in total. The van der Waals surface area contributed by atoms with E-state index in [1.807, 2.05) is 0 Å². The highest BCUT2D eigenvalue weighted by Gasteiger charge is 2.50. The molecule has 2 aliphatic rings. The fourth-order valence-electron chi connectivity index (χ4n) is 3.98. The number of hydrogen-bond acceptors (Lipinski definition) is 9. The lowest BCUT2D eigenvalue weighted by Gasteiger charge is -2.28. The molecule has 0 spiro atoms. The standard InChI is InChI=1S/C15H15F3O5.C12H9F3O5/c1-4-22-14(19)10-6-8-5-9(20-2)7-11(21-3)12(8)23-13(10)15(16,17)18;1-19-8-4-6(16)2-5-3-7(11(17)18)10(12(13,14)15)20-9(5)8/h5-7,13H,4H2,1-3H3;2-4,10,16H,1H3,(H,17,18). The van der Waals surface area contributed by atoms with Crippen LogP contribution in [0.3, 0.4) is 0 Å². The highest BCUT2D eigenvalue weighted by Crippen LogP contribution is 2.45. The molecule has 2 aliphatic heterocycles. The number of ether oxygens (including phenoxy) is 6. The van der Waals surface area contributed by atoms with Gasteiger partial charge in [-0.2, -0.15) is 26.3 Å². The van der Waals surface area contributed by atoms with Gasteiger partial charge in [-0.25, -0.2) is 9.59 Å². The van der Waals surface area contributed by atoms with Gasteiger partial charge in [0.05, 0.1) is 39.1 Å². The molecule has 0 radical (unpaired) electrons. The van der Waals surface area contributed by atoms with Crippen molar-refractivity contribution in [2.45, 2.75) is 31.5 Å². The normalized spacial score (nSPS) is 17.3. The minimum atomic E-state index is -4.88. The SMILES string of the molecule is CCOC(=O)C1=Cc2cc(OC)cc(OC)c2OC1C(F)(F)F.COc1cc(O)cc2c1OC(C(F)(F)F)C(C(=O)O)=C2. The van der Waals surface area contributed by atoms with E-state index in [1.165, 1.54) is 40.4 Å². The van der Waals surface area contributed by atoms with Crippen LogP contribution in [0.5, 0.6) is 34.5 Å². The van der Waals surface area contributed by atoms with Crippen LogP contribution in [0, 0.1) is 0 Å². The second kappa shape index (κ2) is 12.6. The molecule has 0 aromatic heterocycles. The van der Waals surface area contributed by atoms with E-state index in [1.54, 1.807) is 0 Å². The summed E-state index contributed by atoms with van der Waals surface area (Å²) in [5.74, 6) is -3.17. The van der Waals surface area contributed by atoms with Crippen molar-refractivity contribution in [1.82, 2.24) is 0 Å². The molecule has 0 saturated carbocycles. The van der Waals surface area contributed by atoms with E-state index in [0.717, 1.165) is 24.3 Å². The predicted molar refractivity (Wildman–Crippen MR) is 135 cm³/mol. The number of halogens is 6. The zero-order valence-electron chi connectivity index (χ0n) is 22.8. The first-order valence-corrected chi connectivity index (χ1v) is 12.0. The summed E-state index contributed by atoms with van der Waals surface area (Å²) >= 11 is 0. The Morgan fingerprint density at radius 1 is 0.791 bits per heavy atom. The summed E-state index contributed by atoms with van der Waals surface area (Å²) < 4.78 is 108. The molecule has 4 rings (SSSR count). The number of carboxylic acid groups (broad SMARTS) is 1. The molecule has 10 nitrogen and oxygen atoms in total. The minimum Gasteiger partial charge on any atom is -0.508 e. The first-order chi connectivity index (χ1) is 20.0. The number of hydrogen-bond donors (Lipinski definition) is 2. The zero-order chi connectivity index (χ0) is 32.3. The molecule has 0 bridgehead atoms. The number of carboxylic acids is 1. The number of rotatable bonds is 6. The number of aromatic hydroxyl groups is 1. The summed E-state index contributed by atoms with van der Waals surface area (Å²) in [6.07, 6.45) is -12.8. The summed E-state index contributed by atoms with van der Waals surface area (Å²) in [7, 11) is 3.89. The first kappa shape index (κ1) is 32.8. The van der Waals surface area contributed by atoms with Crippen LogP contribution in [0.4, 0.5) is 26.3 Å². The average Bonchev–Trinajstić information content (AvgIpc) is 2.93. The van der Waals surface area contributed by atoms with Crippen molar-refractivity contribution in [1.29, 1.82) is 0 Å². The van der Waals surface area contributed by atoms with Crippen molar-refractivity contribution in [2.24, 2.45) is 0 Å². The number of esters is 1. The third-order valence-corrected chi connectivity index (χ3v) is 5.81. The molecule has 2 aromatic rings. The van der Waals surface area contributed by atoms with Crippen LogP contribution < -0.4 is 23.7 Å². The van der Waals surface area contributed by atoms with Crippen LogP contribution in [0.15, 0.2) is 35.4 Å². The number of fused-ring (bicyclic) bond motifs is 2. The fraction of sp³-hybridized carbons (Fsp3) is 0.333. The number of phenols is 1. The van der Waals surface area contributed by atoms with E-state index in [4.69, 9.17) is 28.8 Å². The van der Waals surface area contributed by atoms with Gasteiger partial charge in [-0.15, -0.1) is 0 Å². The van der Waals surface area contributed by atoms with Gasteiger partial charge >= 0.3 is 24.3 Å². The Kier molecular flexibility index (Phi) is 9.62. The third kappa shape index (κ3) is 7.18. The molecule has 2 atom stereocenters. The summed E-state index contributed by atoms with van der Waals surface area (Å²) in [6, 6.07) is 5.01. The first-order valence-electron chi connectivity index (χ1n) is 12.0. The van der Waals surface area contributed by atoms with E-state index >= 15 is 0 Å². The van der Waals surface area contributed by atoms with Crippen LogP contribution in [-0.4, -0.2) is 74.6 Å². The lowest BCUT2D eigenvalue weighted by Crippen LogP contribution is -2.40. The molecule has 0 aliphatic carbocycles. The monoisotopic (exact) mass is 622 g/mol. The van der Waals surface area contributed by atoms with Gasteiger partial charge < -0.3 is 38.6 Å². The average molecular weight is 622 g/mol. The van der Waals surface area contributed by atoms with Crippen LogP contribution in [0.2, 0.25) is 0 Å². The summed E-state index contributed by atoms with van der Waals surface area (Å²) in [5, 5.41) is 18.3. The number of methoxy groups -OCH3 is 3. The molecular weight excluding hydrogens is 598 g/mol. The van der Waals surface area contributed by atoms with E-state index in [-0.39, 0.29) is 46.5 Å². The Bertz CT molecular complexity index is 1450. The van der Waals surface area contributed by atoms with Crippen LogP contribution in [0.25, 0.3) is 12.2 Å². The Hall–Kier alpha value is -4.76. The minimum absolute atomic E-state index is 0.000231. The second-order valence-electron chi connectivity index (χ2n) is 8.62. The summed E-state index contributed by atoms with van der Waals surface area (Å²) in [4.78, 5) is 22.8.